The number of amides is 1. The van der Waals surface area contributed by atoms with Crippen LogP contribution in [0.4, 0.5) is 0 Å². The van der Waals surface area contributed by atoms with E-state index in [2.05, 4.69) is 10.2 Å². The minimum atomic E-state index is -0.787. The Labute approximate surface area is 152 Å². The molecule has 1 fully saturated rings. The van der Waals surface area contributed by atoms with Gasteiger partial charge >= 0.3 is 5.97 Å². The molecule has 0 spiro atoms. The zero-order valence-electron chi connectivity index (χ0n) is 14.8. The van der Waals surface area contributed by atoms with Crippen molar-refractivity contribution in [1.29, 1.82) is 0 Å². The lowest BCUT2D eigenvalue weighted by atomic mass is 9.93. The molecule has 0 radical (unpaired) electrons. The van der Waals surface area contributed by atoms with E-state index in [1.807, 2.05) is 29.2 Å². The average molecular weight is 357 g/mol. The smallest absolute Gasteiger partial charge is 0.303 e. The van der Waals surface area contributed by atoms with E-state index in [4.69, 9.17) is 9.84 Å². The Balaban J connectivity index is 1.73. The predicted octanol–water partition coefficient (Wildman–Crippen LogP) is 2.80. The van der Waals surface area contributed by atoms with Crippen molar-refractivity contribution in [1.82, 2.24) is 15.1 Å². The number of carboxylic acids is 1. The molecule has 1 amide bonds. The number of H-pyrrole nitrogens is 1. The number of methoxy groups -OCH3 is 1. The molecule has 1 saturated heterocycles. The second-order valence-corrected chi connectivity index (χ2v) is 6.58. The summed E-state index contributed by atoms with van der Waals surface area (Å²) in [6.45, 7) is 1.29. The van der Waals surface area contributed by atoms with Crippen LogP contribution in [0.5, 0.6) is 5.75 Å². The van der Waals surface area contributed by atoms with Crippen molar-refractivity contribution in [2.75, 3.05) is 20.2 Å². The number of benzene rings is 1. The fraction of sp³-hybridized carbons (Fsp3) is 0.421. The Morgan fingerprint density at radius 1 is 1.35 bits per heavy atom. The van der Waals surface area contributed by atoms with Crippen LogP contribution in [0.3, 0.4) is 0 Å². The highest BCUT2D eigenvalue weighted by molar-refractivity contribution is 5.99. The molecule has 1 aromatic carbocycles. The van der Waals surface area contributed by atoms with Crippen molar-refractivity contribution in [2.45, 2.75) is 25.7 Å². The molecule has 7 heteroatoms. The molecule has 26 heavy (non-hydrogen) atoms. The van der Waals surface area contributed by atoms with Crippen LogP contribution in [0.25, 0.3) is 11.3 Å². The van der Waals surface area contributed by atoms with Crippen molar-refractivity contribution in [3.8, 4) is 17.0 Å². The van der Waals surface area contributed by atoms with Gasteiger partial charge in [0.1, 0.15) is 5.75 Å². The van der Waals surface area contributed by atoms with Crippen LogP contribution in [-0.4, -0.2) is 52.3 Å². The van der Waals surface area contributed by atoms with Crippen molar-refractivity contribution in [3.05, 3.63) is 36.0 Å². The van der Waals surface area contributed by atoms with Gasteiger partial charge in [-0.05, 0) is 49.4 Å². The van der Waals surface area contributed by atoms with Gasteiger partial charge < -0.3 is 14.7 Å². The van der Waals surface area contributed by atoms with Crippen molar-refractivity contribution < 1.29 is 19.4 Å². The molecule has 0 aliphatic carbocycles. The van der Waals surface area contributed by atoms with Gasteiger partial charge in [-0.3, -0.25) is 14.7 Å². The Morgan fingerprint density at radius 3 is 2.81 bits per heavy atom. The van der Waals surface area contributed by atoms with E-state index in [9.17, 15) is 9.59 Å². The summed E-state index contributed by atoms with van der Waals surface area (Å²) in [5, 5.41) is 15.8. The van der Waals surface area contributed by atoms with E-state index in [0.29, 0.717) is 30.8 Å². The number of likely N-dealkylation sites (tertiary alicyclic amines) is 1. The quantitative estimate of drug-likeness (QED) is 0.829. The van der Waals surface area contributed by atoms with Crippen LogP contribution in [0.15, 0.2) is 30.5 Å². The third-order valence-electron chi connectivity index (χ3n) is 4.82. The average Bonchev–Trinajstić information content (AvgIpc) is 3.16. The molecule has 0 unspecified atom stereocenters. The molecule has 1 aliphatic rings. The number of carboxylic acid groups (broad SMARTS) is 1. The minimum Gasteiger partial charge on any atom is -0.497 e. The summed E-state index contributed by atoms with van der Waals surface area (Å²) in [6, 6.07) is 7.45. The molecular weight excluding hydrogens is 334 g/mol. The number of aromatic amines is 1. The lowest BCUT2D eigenvalue weighted by Gasteiger charge is -2.32. The molecule has 3 rings (SSSR count). The van der Waals surface area contributed by atoms with E-state index in [1.54, 1.807) is 13.3 Å². The number of piperidine rings is 1. The molecule has 138 valence electrons. The van der Waals surface area contributed by atoms with Crippen molar-refractivity contribution >= 4 is 11.9 Å². The van der Waals surface area contributed by atoms with Crippen LogP contribution in [0, 0.1) is 5.92 Å². The maximum atomic E-state index is 13.0. The third-order valence-corrected chi connectivity index (χ3v) is 4.82. The number of carbonyl (C=O) groups is 2. The lowest BCUT2D eigenvalue weighted by Crippen LogP contribution is -2.40. The number of hydrogen-bond donors (Lipinski definition) is 2. The zero-order chi connectivity index (χ0) is 18.5. The second-order valence-electron chi connectivity index (χ2n) is 6.58. The summed E-state index contributed by atoms with van der Waals surface area (Å²) < 4.78 is 5.17. The standard InChI is InChI=1S/C19H23N3O4/c1-26-15-7-5-14(6-8-15)18-16(11-20-21-18)19(25)22-10-2-3-13(12-22)4-9-17(23)24/h5-8,11,13H,2-4,9-10,12H2,1H3,(H,20,21)(H,23,24)/t13-/m0/s1. The number of aliphatic carboxylic acids is 1. The minimum absolute atomic E-state index is 0.0652. The van der Waals surface area contributed by atoms with Gasteiger partial charge in [-0.1, -0.05) is 0 Å². The zero-order valence-corrected chi connectivity index (χ0v) is 14.8. The van der Waals surface area contributed by atoms with Crippen molar-refractivity contribution in [3.63, 3.8) is 0 Å². The highest BCUT2D eigenvalue weighted by Gasteiger charge is 2.27. The summed E-state index contributed by atoms with van der Waals surface area (Å²) in [5.41, 5.74) is 2.09. The summed E-state index contributed by atoms with van der Waals surface area (Å²) in [5.74, 6) is 0.133. The molecule has 2 heterocycles. The third kappa shape index (κ3) is 4.04. The number of nitrogens with one attached hydrogen (secondary N) is 1. The number of carbonyl (C=O) groups excluding carboxylic acids is 1. The van der Waals surface area contributed by atoms with E-state index in [1.165, 1.54) is 0 Å². The van der Waals surface area contributed by atoms with Gasteiger partial charge in [0.05, 0.1) is 24.6 Å². The number of hydrogen-bond acceptors (Lipinski definition) is 4. The molecule has 2 aromatic rings. The Hall–Kier alpha value is -2.83. The predicted molar refractivity (Wildman–Crippen MR) is 96.1 cm³/mol. The monoisotopic (exact) mass is 357 g/mol. The van der Waals surface area contributed by atoms with Crippen LogP contribution in [-0.2, 0) is 4.79 Å². The van der Waals surface area contributed by atoms with E-state index in [-0.39, 0.29) is 18.2 Å². The maximum Gasteiger partial charge on any atom is 0.303 e. The topological polar surface area (TPSA) is 95.5 Å². The summed E-state index contributed by atoms with van der Waals surface area (Å²) in [4.78, 5) is 25.6. The SMILES string of the molecule is COc1ccc(-c2[nH]ncc2C(=O)N2CCC[C@@H](CCC(=O)O)C2)cc1. The summed E-state index contributed by atoms with van der Waals surface area (Å²) >= 11 is 0. The highest BCUT2D eigenvalue weighted by atomic mass is 16.5. The van der Waals surface area contributed by atoms with Gasteiger partial charge in [0.15, 0.2) is 0 Å². The van der Waals surface area contributed by atoms with Gasteiger partial charge in [0.2, 0.25) is 0 Å². The number of nitrogens with zero attached hydrogens (tertiary/aromatic N) is 2. The fourth-order valence-electron chi connectivity index (χ4n) is 3.41. The van der Waals surface area contributed by atoms with Crippen molar-refractivity contribution in [2.24, 2.45) is 5.92 Å². The highest BCUT2D eigenvalue weighted by Crippen LogP contribution is 2.27. The van der Waals surface area contributed by atoms with Crippen LogP contribution >= 0.6 is 0 Å². The Kier molecular flexibility index (Phi) is 5.55. The van der Waals surface area contributed by atoms with E-state index in [0.717, 1.165) is 24.2 Å². The Morgan fingerprint density at radius 2 is 2.12 bits per heavy atom. The Bertz CT molecular complexity index is 769. The van der Waals surface area contributed by atoms with Gasteiger partial charge in [0.25, 0.3) is 5.91 Å². The molecule has 0 bridgehead atoms. The summed E-state index contributed by atoms with van der Waals surface area (Å²) in [7, 11) is 1.61. The second kappa shape index (κ2) is 8.03. The van der Waals surface area contributed by atoms with Crippen LogP contribution < -0.4 is 4.74 Å². The first-order chi connectivity index (χ1) is 12.6. The van der Waals surface area contributed by atoms with E-state index >= 15 is 0 Å². The molecule has 1 aromatic heterocycles. The van der Waals surface area contributed by atoms with Gasteiger partial charge in [0, 0.05) is 25.1 Å². The molecule has 0 saturated carbocycles. The van der Waals surface area contributed by atoms with Gasteiger partial charge in [-0.25, -0.2) is 0 Å². The number of rotatable bonds is 6. The lowest BCUT2D eigenvalue weighted by molar-refractivity contribution is -0.137. The largest absolute Gasteiger partial charge is 0.497 e. The normalized spacial score (nSPS) is 17.1. The van der Waals surface area contributed by atoms with Crippen LogP contribution in [0.1, 0.15) is 36.0 Å². The first-order valence-corrected chi connectivity index (χ1v) is 8.77. The number of aromatic nitrogens is 2. The summed E-state index contributed by atoms with van der Waals surface area (Å²) in [6.07, 6.45) is 4.17. The maximum absolute atomic E-state index is 13.0. The molecule has 1 aliphatic heterocycles. The first-order valence-electron chi connectivity index (χ1n) is 8.77. The molecule has 1 atom stereocenters. The first kappa shape index (κ1) is 18.0. The number of ether oxygens (including phenoxy) is 1. The van der Waals surface area contributed by atoms with Gasteiger partial charge in [-0.15, -0.1) is 0 Å². The molecular formula is C19H23N3O4. The fourth-order valence-corrected chi connectivity index (χ4v) is 3.41. The molecule has 7 nitrogen and oxygen atoms in total. The van der Waals surface area contributed by atoms with E-state index < -0.39 is 5.97 Å². The molecule has 2 N–H and O–H groups in total. The van der Waals surface area contributed by atoms with Gasteiger partial charge in [-0.2, -0.15) is 5.10 Å². The van der Waals surface area contributed by atoms with Crippen LogP contribution in [0.2, 0.25) is 0 Å².